The predicted octanol–water partition coefficient (Wildman–Crippen LogP) is 2.55. The Morgan fingerprint density at radius 3 is 2.89 bits per heavy atom. The fourth-order valence-electron chi connectivity index (χ4n) is 3.00. The van der Waals surface area contributed by atoms with Gasteiger partial charge in [0.2, 0.25) is 5.91 Å². The normalized spacial score (nSPS) is 19.3. The number of carbonyl (C=O) groups is 1. The van der Waals surface area contributed by atoms with Crippen LogP contribution in [0.15, 0.2) is 12.1 Å². The van der Waals surface area contributed by atoms with Gasteiger partial charge in [0.25, 0.3) is 0 Å². The number of hydrogen-bond donors (Lipinski definition) is 1. The van der Waals surface area contributed by atoms with Gasteiger partial charge in [0.15, 0.2) is 0 Å². The molecule has 1 heterocycles. The zero-order valence-electron chi connectivity index (χ0n) is 11.2. The molecule has 0 spiro atoms. The van der Waals surface area contributed by atoms with Crippen LogP contribution in [0.5, 0.6) is 5.75 Å². The van der Waals surface area contributed by atoms with Gasteiger partial charge in [-0.3, -0.25) is 4.79 Å². The van der Waals surface area contributed by atoms with E-state index in [0.29, 0.717) is 12.3 Å². The fraction of sp³-hybridized carbons (Fsp3) is 0.533. The topological polar surface area (TPSA) is 52.3 Å². The van der Waals surface area contributed by atoms with Crippen LogP contribution in [0.1, 0.15) is 49.3 Å². The van der Waals surface area contributed by atoms with Crippen molar-refractivity contribution in [1.82, 2.24) is 0 Å². The van der Waals surface area contributed by atoms with E-state index in [9.17, 15) is 4.79 Å². The first-order chi connectivity index (χ1) is 8.75. The lowest BCUT2D eigenvalue weighted by Crippen LogP contribution is -2.14. The second kappa shape index (κ2) is 5.42. The van der Waals surface area contributed by atoms with Gasteiger partial charge in [-0.05, 0) is 36.0 Å². The Morgan fingerprint density at radius 1 is 1.39 bits per heavy atom. The van der Waals surface area contributed by atoms with Crippen molar-refractivity contribution >= 4 is 5.91 Å². The van der Waals surface area contributed by atoms with Crippen molar-refractivity contribution in [2.24, 2.45) is 5.73 Å². The Balaban J connectivity index is 0.000000574. The summed E-state index contributed by atoms with van der Waals surface area (Å²) in [6.07, 6.45) is 3.58. The van der Waals surface area contributed by atoms with E-state index in [0.717, 1.165) is 31.6 Å². The van der Waals surface area contributed by atoms with Gasteiger partial charge in [-0.25, -0.2) is 0 Å². The summed E-state index contributed by atoms with van der Waals surface area (Å²) in [6.45, 7) is 4.77. The Hall–Kier alpha value is -1.51. The molecule has 1 aromatic carbocycles. The van der Waals surface area contributed by atoms with E-state index in [4.69, 9.17) is 10.5 Å². The van der Waals surface area contributed by atoms with Crippen molar-refractivity contribution in [2.75, 3.05) is 6.61 Å². The Bertz CT molecular complexity index is 454. The van der Waals surface area contributed by atoms with Gasteiger partial charge in [0.05, 0.1) is 6.61 Å². The van der Waals surface area contributed by atoms with Gasteiger partial charge >= 0.3 is 0 Å². The molecule has 1 atom stereocenters. The number of aryl methyl sites for hydroxylation is 1. The third-order valence-corrected chi connectivity index (χ3v) is 3.63. The van der Waals surface area contributed by atoms with Crippen LogP contribution < -0.4 is 10.5 Å². The first kappa shape index (κ1) is 12.9. The lowest BCUT2D eigenvalue weighted by Gasteiger charge is -2.12. The average molecular weight is 247 g/mol. The molecule has 2 N–H and O–H groups in total. The van der Waals surface area contributed by atoms with Crippen molar-refractivity contribution in [1.29, 1.82) is 0 Å². The van der Waals surface area contributed by atoms with Crippen molar-refractivity contribution in [3.63, 3.8) is 0 Å². The maximum absolute atomic E-state index is 11.1. The number of amides is 1. The van der Waals surface area contributed by atoms with Crippen molar-refractivity contribution in [2.45, 2.75) is 45.4 Å². The average Bonchev–Trinajstić information content (AvgIpc) is 2.96. The highest BCUT2D eigenvalue weighted by atomic mass is 16.5. The first-order valence-corrected chi connectivity index (χ1v) is 6.81. The molecule has 0 saturated heterocycles. The lowest BCUT2D eigenvalue weighted by molar-refractivity contribution is -0.118. The second-order valence-corrected chi connectivity index (χ2v) is 4.62. The maximum Gasteiger partial charge on any atom is 0.218 e. The predicted molar refractivity (Wildman–Crippen MR) is 71.9 cm³/mol. The van der Waals surface area contributed by atoms with Gasteiger partial charge in [0, 0.05) is 18.4 Å². The standard InChI is InChI=1S/C13H15NO2.C2H6/c14-12(15)7-9-2-1-8-3-4-11-10(13(8)9)5-6-16-11;1-2/h3-4,9H,1-2,5-7H2,(H2,14,15);1-2H3. The van der Waals surface area contributed by atoms with Gasteiger partial charge in [-0.15, -0.1) is 0 Å². The maximum atomic E-state index is 11.1. The van der Waals surface area contributed by atoms with Crippen LogP contribution in [0.4, 0.5) is 0 Å². The number of hydrogen-bond acceptors (Lipinski definition) is 2. The molecule has 3 rings (SSSR count). The van der Waals surface area contributed by atoms with Crippen LogP contribution in [-0.2, 0) is 17.6 Å². The van der Waals surface area contributed by atoms with E-state index in [1.54, 1.807) is 0 Å². The number of ether oxygens (including phenoxy) is 1. The van der Waals surface area contributed by atoms with Crippen molar-refractivity contribution in [3.05, 3.63) is 28.8 Å². The van der Waals surface area contributed by atoms with Gasteiger partial charge < -0.3 is 10.5 Å². The summed E-state index contributed by atoms with van der Waals surface area (Å²) in [5, 5.41) is 0. The second-order valence-electron chi connectivity index (χ2n) is 4.62. The van der Waals surface area contributed by atoms with Crippen LogP contribution in [-0.4, -0.2) is 12.5 Å². The summed E-state index contributed by atoms with van der Waals surface area (Å²) >= 11 is 0. The Kier molecular flexibility index (Phi) is 3.90. The van der Waals surface area contributed by atoms with Crippen molar-refractivity contribution < 1.29 is 9.53 Å². The number of nitrogens with two attached hydrogens (primary N) is 1. The highest BCUT2D eigenvalue weighted by Gasteiger charge is 2.30. The molecule has 1 amide bonds. The molecular weight excluding hydrogens is 226 g/mol. The third-order valence-electron chi connectivity index (χ3n) is 3.63. The molecule has 1 aliphatic heterocycles. The molecule has 0 bridgehead atoms. The van der Waals surface area contributed by atoms with Crippen LogP contribution in [0.3, 0.4) is 0 Å². The monoisotopic (exact) mass is 247 g/mol. The quantitative estimate of drug-likeness (QED) is 0.873. The Labute approximate surface area is 108 Å². The molecule has 3 heteroatoms. The summed E-state index contributed by atoms with van der Waals surface area (Å²) in [5.41, 5.74) is 9.37. The minimum absolute atomic E-state index is 0.200. The van der Waals surface area contributed by atoms with E-state index in [1.807, 2.05) is 13.8 Å². The fourth-order valence-corrected chi connectivity index (χ4v) is 3.00. The highest BCUT2D eigenvalue weighted by Crippen LogP contribution is 2.42. The zero-order chi connectivity index (χ0) is 13.1. The zero-order valence-corrected chi connectivity index (χ0v) is 11.2. The number of carbonyl (C=O) groups excluding carboxylic acids is 1. The van der Waals surface area contributed by atoms with E-state index in [-0.39, 0.29) is 5.91 Å². The summed E-state index contributed by atoms with van der Waals surface area (Å²) in [7, 11) is 0. The lowest BCUT2D eigenvalue weighted by atomic mass is 9.92. The third kappa shape index (κ3) is 2.22. The molecule has 18 heavy (non-hydrogen) atoms. The van der Waals surface area contributed by atoms with Crippen LogP contribution >= 0.6 is 0 Å². The summed E-state index contributed by atoms with van der Waals surface area (Å²) in [6, 6.07) is 4.20. The van der Waals surface area contributed by atoms with Crippen LogP contribution in [0.2, 0.25) is 0 Å². The molecule has 0 fully saturated rings. The molecule has 98 valence electrons. The molecule has 2 aliphatic rings. The minimum atomic E-state index is -0.200. The van der Waals surface area contributed by atoms with Gasteiger partial charge in [-0.2, -0.15) is 0 Å². The highest BCUT2D eigenvalue weighted by molar-refractivity contribution is 5.75. The number of fused-ring (bicyclic) bond motifs is 3. The summed E-state index contributed by atoms with van der Waals surface area (Å²) in [4.78, 5) is 11.1. The van der Waals surface area contributed by atoms with Crippen LogP contribution in [0, 0.1) is 0 Å². The SMILES string of the molecule is CC.NC(=O)CC1CCc2ccc3c(c21)CCO3. The molecule has 3 nitrogen and oxygen atoms in total. The molecule has 0 saturated carbocycles. The molecule has 1 aromatic rings. The van der Waals surface area contributed by atoms with Gasteiger partial charge in [0.1, 0.15) is 5.75 Å². The van der Waals surface area contributed by atoms with E-state index in [1.165, 1.54) is 16.7 Å². The molecule has 1 unspecified atom stereocenters. The number of benzene rings is 1. The number of primary amides is 1. The molecule has 0 radical (unpaired) electrons. The van der Waals surface area contributed by atoms with E-state index < -0.39 is 0 Å². The summed E-state index contributed by atoms with van der Waals surface area (Å²) in [5.74, 6) is 1.13. The Morgan fingerprint density at radius 2 is 2.17 bits per heavy atom. The largest absolute Gasteiger partial charge is 0.493 e. The number of rotatable bonds is 2. The molecule has 0 aromatic heterocycles. The van der Waals surface area contributed by atoms with Crippen molar-refractivity contribution in [3.8, 4) is 5.75 Å². The van der Waals surface area contributed by atoms with Gasteiger partial charge in [-0.1, -0.05) is 19.9 Å². The molecule has 1 aliphatic carbocycles. The minimum Gasteiger partial charge on any atom is -0.493 e. The van der Waals surface area contributed by atoms with E-state index in [2.05, 4.69) is 12.1 Å². The van der Waals surface area contributed by atoms with E-state index >= 15 is 0 Å². The first-order valence-electron chi connectivity index (χ1n) is 6.81. The smallest absolute Gasteiger partial charge is 0.218 e. The summed E-state index contributed by atoms with van der Waals surface area (Å²) < 4.78 is 5.56. The van der Waals surface area contributed by atoms with Crippen LogP contribution in [0.25, 0.3) is 0 Å². The molecular formula is C15H21NO2.